The molecule has 4 heteroatoms. The molecule has 2 aromatic rings. The molecular weight excluding hydrogens is 344 g/mol. The summed E-state index contributed by atoms with van der Waals surface area (Å²) < 4.78 is 0. The molecule has 0 amide bonds. The third-order valence-corrected chi connectivity index (χ3v) is 6.39. The summed E-state index contributed by atoms with van der Waals surface area (Å²) in [5.74, 6) is 0. The Morgan fingerprint density at radius 2 is 1.04 bits per heavy atom. The van der Waals surface area contributed by atoms with Crippen molar-refractivity contribution < 1.29 is 0 Å². The summed E-state index contributed by atoms with van der Waals surface area (Å²) in [6.45, 7) is 0. The predicted octanol–water partition coefficient (Wildman–Crippen LogP) is 5.10. The van der Waals surface area contributed by atoms with Crippen molar-refractivity contribution in [3.05, 3.63) is 60.2 Å². The van der Waals surface area contributed by atoms with Crippen LogP contribution in [0.5, 0.6) is 0 Å². The molecule has 0 aliphatic heterocycles. The van der Waals surface area contributed by atoms with Gasteiger partial charge in [0.1, 0.15) is 0 Å². The largest absolute Gasteiger partial charge is 0.304 e. The standard InChI is InChI=1S/C24H34N4/c1-3-11-19(12-4-1)27-23(21-15-7-9-17-25-21)24(22-16-8-10-18-26-22)28-20-13-5-2-6-14-20/h7-10,15-20,23-24,27-28H,1-6,11-14H2/t23-,24+. The summed E-state index contributed by atoms with van der Waals surface area (Å²) in [5, 5.41) is 7.99. The lowest BCUT2D eigenvalue weighted by Crippen LogP contribution is -2.45. The third-order valence-electron chi connectivity index (χ3n) is 6.39. The van der Waals surface area contributed by atoms with Gasteiger partial charge in [0.2, 0.25) is 0 Å². The van der Waals surface area contributed by atoms with Crippen LogP contribution < -0.4 is 10.6 Å². The first-order valence-electron chi connectivity index (χ1n) is 11.2. The van der Waals surface area contributed by atoms with Crippen LogP contribution in [0.2, 0.25) is 0 Å². The fourth-order valence-electron chi connectivity index (χ4n) is 4.87. The Balaban J connectivity index is 1.62. The van der Waals surface area contributed by atoms with E-state index < -0.39 is 0 Å². The molecule has 2 heterocycles. The van der Waals surface area contributed by atoms with E-state index in [1.165, 1.54) is 64.2 Å². The Morgan fingerprint density at radius 3 is 1.39 bits per heavy atom. The van der Waals surface area contributed by atoms with E-state index in [9.17, 15) is 0 Å². The van der Waals surface area contributed by atoms with Gasteiger partial charge < -0.3 is 10.6 Å². The third kappa shape index (κ3) is 5.18. The van der Waals surface area contributed by atoms with Gasteiger partial charge in [-0.05, 0) is 49.9 Å². The van der Waals surface area contributed by atoms with Gasteiger partial charge >= 0.3 is 0 Å². The van der Waals surface area contributed by atoms with Crippen LogP contribution in [-0.4, -0.2) is 22.1 Å². The topological polar surface area (TPSA) is 49.8 Å². The molecule has 2 aliphatic carbocycles. The van der Waals surface area contributed by atoms with Crippen LogP contribution in [0.25, 0.3) is 0 Å². The van der Waals surface area contributed by atoms with Gasteiger partial charge in [0.25, 0.3) is 0 Å². The first kappa shape index (κ1) is 19.5. The quantitative estimate of drug-likeness (QED) is 0.703. The summed E-state index contributed by atoms with van der Waals surface area (Å²) in [6.07, 6.45) is 17.0. The number of pyridine rings is 2. The van der Waals surface area contributed by atoms with Gasteiger partial charge in [-0.15, -0.1) is 0 Å². The van der Waals surface area contributed by atoms with Crippen molar-refractivity contribution in [2.75, 3.05) is 0 Å². The molecule has 2 saturated carbocycles. The molecule has 0 saturated heterocycles. The van der Waals surface area contributed by atoms with E-state index in [0.29, 0.717) is 12.1 Å². The van der Waals surface area contributed by atoms with E-state index in [1.807, 2.05) is 24.5 Å². The molecule has 2 fully saturated rings. The first-order valence-corrected chi connectivity index (χ1v) is 11.2. The van der Waals surface area contributed by atoms with Gasteiger partial charge in [0.05, 0.1) is 23.5 Å². The molecule has 0 aromatic carbocycles. The monoisotopic (exact) mass is 378 g/mol. The Morgan fingerprint density at radius 1 is 0.607 bits per heavy atom. The number of aromatic nitrogens is 2. The number of rotatable bonds is 7. The van der Waals surface area contributed by atoms with Gasteiger partial charge in [-0.25, -0.2) is 0 Å². The summed E-state index contributed by atoms with van der Waals surface area (Å²) in [7, 11) is 0. The van der Waals surface area contributed by atoms with Crippen LogP contribution in [0.4, 0.5) is 0 Å². The molecule has 0 radical (unpaired) electrons. The minimum absolute atomic E-state index is 0.140. The van der Waals surface area contributed by atoms with Crippen LogP contribution in [0.1, 0.15) is 87.7 Å². The first-order chi connectivity index (χ1) is 13.9. The maximum absolute atomic E-state index is 4.75. The van der Waals surface area contributed by atoms with Gasteiger partial charge in [-0.3, -0.25) is 9.97 Å². The highest BCUT2D eigenvalue weighted by atomic mass is 15.1. The second kappa shape index (κ2) is 10.1. The number of hydrogen-bond acceptors (Lipinski definition) is 4. The highest BCUT2D eigenvalue weighted by Gasteiger charge is 2.31. The smallest absolute Gasteiger partial charge is 0.0710 e. The zero-order valence-corrected chi connectivity index (χ0v) is 16.9. The van der Waals surface area contributed by atoms with Gasteiger partial charge in [0.15, 0.2) is 0 Å². The van der Waals surface area contributed by atoms with Crippen LogP contribution in [0, 0.1) is 0 Å². The lowest BCUT2D eigenvalue weighted by molar-refractivity contribution is 0.255. The average Bonchev–Trinajstić information content (AvgIpc) is 2.79. The van der Waals surface area contributed by atoms with Crippen LogP contribution in [0.3, 0.4) is 0 Å². The van der Waals surface area contributed by atoms with Crippen LogP contribution >= 0.6 is 0 Å². The second-order valence-electron chi connectivity index (χ2n) is 8.47. The molecule has 28 heavy (non-hydrogen) atoms. The highest BCUT2D eigenvalue weighted by molar-refractivity contribution is 5.19. The summed E-state index contributed by atoms with van der Waals surface area (Å²) >= 11 is 0. The van der Waals surface area contributed by atoms with Crippen molar-refractivity contribution in [2.45, 2.75) is 88.4 Å². The molecule has 2 aliphatic rings. The molecular formula is C24H34N4. The molecule has 2 aromatic heterocycles. The van der Waals surface area contributed by atoms with E-state index >= 15 is 0 Å². The Bertz CT molecular complexity index is 617. The lowest BCUT2D eigenvalue weighted by atomic mass is 9.90. The summed E-state index contributed by atoms with van der Waals surface area (Å²) in [5.41, 5.74) is 2.24. The molecule has 0 unspecified atom stereocenters. The van der Waals surface area contributed by atoms with Crippen LogP contribution in [0.15, 0.2) is 48.8 Å². The van der Waals surface area contributed by atoms with Crippen molar-refractivity contribution in [3.63, 3.8) is 0 Å². The fraction of sp³-hybridized carbons (Fsp3) is 0.583. The highest BCUT2D eigenvalue weighted by Crippen LogP contribution is 2.32. The van der Waals surface area contributed by atoms with Crippen molar-refractivity contribution in [1.29, 1.82) is 0 Å². The summed E-state index contributed by atoms with van der Waals surface area (Å²) in [4.78, 5) is 9.51. The minimum atomic E-state index is 0.140. The van der Waals surface area contributed by atoms with Crippen LogP contribution in [-0.2, 0) is 0 Å². The van der Waals surface area contributed by atoms with Crippen molar-refractivity contribution in [3.8, 4) is 0 Å². The van der Waals surface area contributed by atoms with Crippen molar-refractivity contribution >= 4 is 0 Å². The maximum Gasteiger partial charge on any atom is 0.0710 e. The zero-order chi connectivity index (χ0) is 19.0. The molecule has 0 spiro atoms. The van der Waals surface area contributed by atoms with Crippen molar-refractivity contribution in [2.24, 2.45) is 0 Å². The van der Waals surface area contributed by atoms with E-state index in [2.05, 4.69) is 34.9 Å². The predicted molar refractivity (Wildman–Crippen MR) is 114 cm³/mol. The zero-order valence-electron chi connectivity index (χ0n) is 16.9. The molecule has 4 nitrogen and oxygen atoms in total. The van der Waals surface area contributed by atoms with Gasteiger partial charge in [-0.2, -0.15) is 0 Å². The van der Waals surface area contributed by atoms with Gasteiger partial charge in [0, 0.05) is 24.5 Å². The second-order valence-corrected chi connectivity index (χ2v) is 8.47. The van der Waals surface area contributed by atoms with Gasteiger partial charge in [-0.1, -0.05) is 50.7 Å². The Labute approximate surface area is 169 Å². The van der Waals surface area contributed by atoms with E-state index in [-0.39, 0.29) is 12.1 Å². The maximum atomic E-state index is 4.75. The SMILES string of the molecule is c1ccc([C@@H](NC2CCCCC2)[C@@H](NC2CCCCC2)c2ccccn2)nc1. The molecule has 150 valence electrons. The fourth-order valence-corrected chi connectivity index (χ4v) is 4.87. The number of hydrogen-bond donors (Lipinski definition) is 2. The average molecular weight is 379 g/mol. The molecule has 2 atom stereocenters. The summed E-state index contributed by atoms with van der Waals surface area (Å²) in [6, 6.07) is 14.0. The Hall–Kier alpha value is -1.78. The normalized spacial score (nSPS) is 21.3. The van der Waals surface area contributed by atoms with E-state index in [1.54, 1.807) is 0 Å². The molecule has 4 rings (SSSR count). The van der Waals surface area contributed by atoms with E-state index in [4.69, 9.17) is 9.97 Å². The minimum Gasteiger partial charge on any atom is -0.304 e. The molecule has 2 N–H and O–H groups in total. The van der Waals surface area contributed by atoms with E-state index in [0.717, 1.165) is 11.4 Å². The Kier molecular flexibility index (Phi) is 7.07. The molecule has 0 bridgehead atoms. The lowest BCUT2D eigenvalue weighted by Gasteiger charge is -2.36. The number of nitrogens with zero attached hydrogens (tertiary/aromatic N) is 2. The van der Waals surface area contributed by atoms with Crippen molar-refractivity contribution in [1.82, 2.24) is 20.6 Å². The number of nitrogens with one attached hydrogen (secondary N) is 2.